The van der Waals surface area contributed by atoms with Crippen LogP contribution >= 0.6 is 0 Å². The van der Waals surface area contributed by atoms with Crippen molar-refractivity contribution in [2.45, 2.75) is 58.0 Å². The molecule has 3 nitrogen and oxygen atoms in total. The summed E-state index contributed by atoms with van der Waals surface area (Å²) in [4.78, 5) is 4.74. The molecule has 1 fully saturated rings. The van der Waals surface area contributed by atoms with Crippen molar-refractivity contribution < 1.29 is 4.39 Å². The SMILES string of the molecule is CCC1CCC(N)(c2nc3ccc(F)cc3n2CC)CC1. The highest BCUT2D eigenvalue weighted by molar-refractivity contribution is 5.76. The number of nitrogens with two attached hydrogens (primary N) is 1. The van der Waals surface area contributed by atoms with Gasteiger partial charge in [-0.3, -0.25) is 0 Å². The molecule has 0 saturated heterocycles. The van der Waals surface area contributed by atoms with Gasteiger partial charge in [-0.05, 0) is 56.7 Å². The summed E-state index contributed by atoms with van der Waals surface area (Å²) in [6, 6.07) is 4.79. The first-order valence-corrected chi connectivity index (χ1v) is 8.02. The number of aryl methyl sites for hydroxylation is 1. The van der Waals surface area contributed by atoms with E-state index in [4.69, 9.17) is 10.7 Å². The number of hydrogen-bond acceptors (Lipinski definition) is 2. The molecule has 1 aromatic carbocycles. The normalized spacial score (nSPS) is 26.4. The second-order valence-electron chi connectivity index (χ2n) is 6.32. The molecule has 0 aliphatic heterocycles. The summed E-state index contributed by atoms with van der Waals surface area (Å²) in [6.45, 7) is 5.08. The standard InChI is InChI=1S/C17H24FN3/c1-3-12-7-9-17(19,10-8-12)16-20-14-6-5-13(18)11-15(14)21(16)4-2/h5-6,11-12H,3-4,7-10,19H2,1-2H3. The van der Waals surface area contributed by atoms with E-state index in [0.717, 1.165) is 55.0 Å². The molecule has 2 N–H and O–H groups in total. The van der Waals surface area contributed by atoms with Gasteiger partial charge < -0.3 is 10.3 Å². The second kappa shape index (κ2) is 5.41. The summed E-state index contributed by atoms with van der Waals surface area (Å²) in [6.07, 6.45) is 5.49. The molecule has 0 unspecified atom stereocenters. The lowest BCUT2D eigenvalue weighted by Gasteiger charge is -2.36. The zero-order valence-corrected chi connectivity index (χ0v) is 12.9. The van der Waals surface area contributed by atoms with Crippen LogP contribution in [0.5, 0.6) is 0 Å². The summed E-state index contributed by atoms with van der Waals surface area (Å²) in [5.41, 5.74) is 8.03. The Kier molecular flexibility index (Phi) is 3.74. The molecule has 114 valence electrons. The van der Waals surface area contributed by atoms with Crippen LogP contribution in [0.2, 0.25) is 0 Å². The van der Waals surface area contributed by atoms with Crippen molar-refractivity contribution in [2.75, 3.05) is 0 Å². The summed E-state index contributed by atoms with van der Waals surface area (Å²) < 4.78 is 15.6. The number of imidazole rings is 1. The Labute approximate surface area is 125 Å². The number of fused-ring (bicyclic) bond motifs is 1. The van der Waals surface area contributed by atoms with Crippen LogP contribution < -0.4 is 5.73 Å². The van der Waals surface area contributed by atoms with Crippen molar-refractivity contribution in [3.8, 4) is 0 Å². The molecule has 1 saturated carbocycles. The Hall–Kier alpha value is -1.42. The van der Waals surface area contributed by atoms with Crippen LogP contribution in [0.25, 0.3) is 11.0 Å². The molecule has 3 rings (SSSR count). The fraction of sp³-hybridized carbons (Fsp3) is 0.588. The summed E-state index contributed by atoms with van der Waals surface area (Å²) in [5.74, 6) is 1.50. The van der Waals surface area contributed by atoms with Crippen LogP contribution in [0.3, 0.4) is 0 Å². The van der Waals surface area contributed by atoms with Crippen LogP contribution in [0, 0.1) is 11.7 Å². The average molecular weight is 289 g/mol. The number of benzene rings is 1. The van der Waals surface area contributed by atoms with Gasteiger partial charge in [0.15, 0.2) is 0 Å². The van der Waals surface area contributed by atoms with Crippen molar-refractivity contribution in [1.82, 2.24) is 9.55 Å². The third kappa shape index (κ3) is 2.46. The monoisotopic (exact) mass is 289 g/mol. The molecular formula is C17H24FN3. The van der Waals surface area contributed by atoms with E-state index >= 15 is 0 Å². The van der Waals surface area contributed by atoms with Gasteiger partial charge in [0.25, 0.3) is 0 Å². The van der Waals surface area contributed by atoms with Crippen LogP contribution in [0.4, 0.5) is 4.39 Å². The fourth-order valence-corrected chi connectivity index (χ4v) is 3.62. The van der Waals surface area contributed by atoms with Crippen LogP contribution in [-0.2, 0) is 12.1 Å². The van der Waals surface area contributed by atoms with Gasteiger partial charge in [-0.2, -0.15) is 0 Å². The highest BCUT2D eigenvalue weighted by atomic mass is 19.1. The Bertz CT molecular complexity index is 639. The van der Waals surface area contributed by atoms with E-state index in [2.05, 4.69) is 18.4 Å². The minimum absolute atomic E-state index is 0.218. The second-order valence-corrected chi connectivity index (χ2v) is 6.32. The highest BCUT2D eigenvalue weighted by Crippen LogP contribution is 2.39. The van der Waals surface area contributed by atoms with Gasteiger partial charge in [0.05, 0.1) is 16.6 Å². The first-order valence-electron chi connectivity index (χ1n) is 8.02. The third-order valence-electron chi connectivity index (χ3n) is 5.05. The molecule has 0 amide bonds. The van der Waals surface area contributed by atoms with Crippen molar-refractivity contribution in [2.24, 2.45) is 11.7 Å². The average Bonchev–Trinajstić information content (AvgIpc) is 2.86. The maximum Gasteiger partial charge on any atom is 0.130 e. The van der Waals surface area contributed by atoms with E-state index in [9.17, 15) is 4.39 Å². The lowest BCUT2D eigenvalue weighted by molar-refractivity contribution is 0.218. The zero-order chi connectivity index (χ0) is 15.0. The minimum atomic E-state index is -0.364. The van der Waals surface area contributed by atoms with Gasteiger partial charge in [0.2, 0.25) is 0 Å². The molecule has 21 heavy (non-hydrogen) atoms. The van der Waals surface area contributed by atoms with E-state index in [-0.39, 0.29) is 11.4 Å². The molecule has 0 spiro atoms. The van der Waals surface area contributed by atoms with Crippen molar-refractivity contribution >= 4 is 11.0 Å². The van der Waals surface area contributed by atoms with E-state index in [0.29, 0.717) is 0 Å². The lowest BCUT2D eigenvalue weighted by atomic mass is 9.75. The molecule has 1 aliphatic carbocycles. The molecule has 1 aromatic heterocycles. The molecule has 0 bridgehead atoms. The molecule has 2 aromatic rings. The van der Waals surface area contributed by atoms with Gasteiger partial charge in [-0.25, -0.2) is 9.37 Å². The van der Waals surface area contributed by atoms with Gasteiger partial charge in [-0.1, -0.05) is 13.3 Å². The number of nitrogens with zero attached hydrogens (tertiary/aromatic N) is 2. The van der Waals surface area contributed by atoms with Gasteiger partial charge in [0.1, 0.15) is 11.6 Å². The third-order valence-corrected chi connectivity index (χ3v) is 5.05. The summed E-state index contributed by atoms with van der Waals surface area (Å²) in [7, 11) is 0. The quantitative estimate of drug-likeness (QED) is 0.929. The topological polar surface area (TPSA) is 43.8 Å². The first kappa shape index (κ1) is 14.5. The predicted molar refractivity (Wildman–Crippen MR) is 83.5 cm³/mol. The van der Waals surface area contributed by atoms with E-state index in [1.54, 1.807) is 12.1 Å². The molecule has 4 heteroatoms. The van der Waals surface area contributed by atoms with Gasteiger partial charge in [-0.15, -0.1) is 0 Å². The largest absolute Gasteiger partial charge is 0.327 e. The van der Waals surface area contributed by atoms with Crippen molar-refractivity contribution in [3.63, 3.8) is 0 Å². The summed E-state index contributed by atoms with van der Waals surface area (Å²) >= 11 is 0. The van der Waals surface area contributed by atoms with Crippen molar-refractivity contribution in [1.29, 1.82) is 0 Å². The lowest BCUT2D eigenvalue weighted by Crippen LogP contribution is -2.42. The predicted octanol–water partition coefficient (Wildman–Crippen LogP) is 3.95. The van der Waals surface area contributed by atoms with Crippen LogP contribution in [0.1, 0.15) is 51.8 Å². The van der Waals surface area contributed by atoms with Gasteiger partial charge in [0, 0.05) is 6.54 Å². The fourth-order valence-electron chi connectivity index (χ4n) is 3.62. The molecular weight excluding hydrogens is 265 g/mol. The smallest absolute Gasteiger partial charge is 0.130 e. The molecule has 1 heterocycles. The Morgan fingerprint density at radius 2 is 2.05 bits per heavy atom. The number of aromatic nitrogens is 2. The highest BCUT2D eigenvalue weighted by Gasteiger charge is 2.36. The summed E-state index contributed by atoms with van der Waals surface area (Å²) in [5, 5.41) is 0. The molecule has 0 atom stereocenters. The Morgan fingerprint density at radius 1 is 1.33 bits per heavy atom. The number of halogens is 1. The molecule has 0 radical (unpaired) electrons. The first-order chi connectivity index (χ1) is 10.1. The zero-order valence-electron chi connectivity index (χ0n) is 12.9. The van der Waals surface area contributed by atoms with Crippen LogP contribution in [0.15, 0.2) is 18.2 Å². The van der Waals surface area contributed by atoms with Gasteiger partial charge >= 0.3 is 0 Å². The maximum atomic E-state index is 13.5. The Balaban J connectivity index is 2.03. The Morgan fingerprint density at radius 3 is 2.67 bits per heavy atom. The van der Waals surface area contributed by atoms with Crippen molar-refractivity contribution in [3.05, 3.63) is 29.8 Å². The van der Waals surface area contributed by atoms with E-state index < -0.39 is 0 Å². The maximum absolute atomic E-state index is 13.5. The van der Waals surface area contributed by atoms with E-state index in [1.165, 1.54) is 12.5 Å². The number of hydrogen-bond donors (Lipinski definition) is 1. The van der Waals surface area contributed by atoms with E-state index in [1.807, 2.05) is 0 Å². The van der Waals surface area contributed by atoms with Crippen LogP contribution in [-0.4, -0.2) is 9.55 Å². The number of rotatable bonds is 3. The molecule has 1 aliphatic rings. The minimum Gasteiger partial charge on any atom is -0.327 e.